The fraction of sp³-hybridized carbons (Fsp3) is 0.714. The van der Waals surface area contributed by atoms with E-state index < -0.39 is 0 Å². The van der Waals surface area contributed by atoms with Crippen molar-refractivity contribution in [3.05, 3.63) is 18.2 Å². The van der Waals surface area contributed by atoms with Crippen LogP contribution in [0.2, 0.25) is 0 Å². The number of rotatable bonds is 3. The van der Waals surface area contributed by atoms with E-state index >= 15 is 0 Å². The van der Waals surface area contributed by atoms with Crippen LogP contribution < -0.4 is 4.90 Å². The van der Waals surface area contributed by atoms with E-state index in [0.29, 0.717) is 17.9 Å². The average molecular weight is 280 g/mol. The predicted octanol–water partition coefficient (Wildman–Crippen LogP) is 1.16. The average Bonchev–Trinajstić information content (AvgIpc) is 2.48. The number of piperazine rings is 1. The number of hydrogen-bond donors (Lipinski definition) is 0. The molecule has 0 bridgehead atoms. The van der Waals surface area contributed by atoms with Crippen molar-refractivity contribution in [2.45, 2.75) is 18.9 Å². The van der Waals surface area contributed by atoms with Gasteiger partial charge in [0, 0.05) is 39.3 Å². The van der Waals surface area contributed by atoms with Crippen LogP contribution in [0.25, 0.3) is 0 Å². The van der Waals surface area contributed by atoms with E-state index in [9.17, 15) is 4.39 Å². The molecule has 0 radical (unpaired) electrons. The quantitative estimate of drug-likeness (QED) is 0.831. The number of hydrogen-bond acceptors (Lipinski definition) is 5. The van der Waals surface area contributed by atoms with Crippen molar-refractivity contribution in [3.63, 3.8) is 0 Å². The van der Waals surface area contributed by atoms with Crippen LogP contribution in [-0.4, -0.2) is 60.8 Å². The van der Waals surface area contributed by atoms with Crippen LogP contribution in [0.4, 0.5) is 10.3 Å². The molecule has 1 aromatic heterocycles. The van der Waals surface area contributed by atoms with Crippen LogP contribution in [0.15, 0.2) is 12.4 Å². The Balaban J connectivity index is 1.61. The van der Waals surface area contributed by atoms with E-state index in [-0.39, 0.29) is 5.82 Å². The summed E-state index contributed by atoms with van der Waals surface area (Å²) in [6, 6.07) is 0.561. The fourth-order valence-corrected chi connectivity index (χ4v) is 3.28. The number of ether oxygens (including phenoxy) is 1. The van der Waals surface area contributed by atoms with Crippen LogP contribution in [0, 0.1) is 11.7 Å². The largest absolute Gasteiger partial charge is 0.384 e. The predicted molar refractivity (Wildman–Crippen MR) is 74.2 cm³/mol. The number of anilines is 1. The zero-order valence-corrected chi connectivity index (χ0v) is 11.8. The highest BCUT2D eigenvalue weighted by atomic mass is 19.1. The van der Waals surface area contributed by atoms with E-state index in [1.807, 2.05) is 0 Å². The summed E-state index contributed by atoms with van der Waals surface area (Å²) in [4.78, 5) is 12.9. The lowest BCUT2D eigenvalue weighted by Crippen LogP contribution is -2.57. The van der Waals surface area contributed by atoms with Gasteiger partial charge in [-0.05, 0) is 18.8 Å². The maximum absolute atomic E-state index is 12.9. The Morgan fingerprint density at radius 1 is 1.25 bits per heavy atom. The number of methoxy groups -OCH3 is 1. The van der Waals surface area contributed by atoms with Crippen LogP contribution in [-0.2, 0) is 4.74 Å². The zero-order chi connectivity index (χ0) is 13.9. The summed E-state index contributed by atoms with van der Waals surface area (Å²) in [6.45, 7) is 4.84. The van der Waals surface area contributed by atoms with Crippen molar-refractivity contribution in [3.8, 4) is 0 Å². The SMILES string of the molecule is COC[C@@H]1CCC2CN(c3ncc(F)cn3)CCN2C1. The molecule has 0 amide bonds. The summed E-state index contributed by atoms with van der Waals surface area (Å²) in [5, 5.41) is 0. The highest BCUT2D eigenvalue weighted by Gasteiger charge is 2.33. The summed E-state index contributed by atoms with van der Waals surface area (Å²) in [6.07, 6.45) is 4.88. The molecule has 6 heteroatoms. The van der Waals surface area contributed by atoms with Crippen molar-refractivity contribution in [2.24, 2.45) is 5.92 Å². The highest BCUT2D eigenvalue weighted by molar-refractivity contribution is 5.30. The van der Waals surface area contributed by atoms with Gasteiger partial charge >= 0.3 is 0 Å². The third-order valence-corrected chi connectivity index (χ3v) is 4.30. The zero-order valence-electron chi connectivity index (χ0n) is 11.8. The molecule has 3 rings (SSSR count). The van der Waals surface area contributed by atoms with Gasteiger partial charge in [0.05, 0.1) is 19.0 Å². The normalized spacial score (nSPS) is 27.4. The number of fused-ring (bicyclic) bond motifs is 1. The Bertz CT molecular complexity index is 441. The number of piperidine rings is 1. The van der Waals surface area contributed by atoms with E-state index in [1.165, 1.54) is 25.2 Å². The topological polar surface area (TPSA) is 41.5 Å². The molecular formula is C14H21FN4O. The molecule has 3 heterocycles. The second kappa shape index (κ2) is 6.01. The van der Waals surface area contributed by atoms with E-state index in [0.717, 1.165) is 32.8 Å². The van der Waals surface area contributed by atoms with E-state index in [4.69, 9.17) is 4.74 Å². The number of aromatic nitrogens is 2. The van der Waals surface area contributed by atoms with Gasteiger partial charge in [0.1, 0.15) is 0 Å². The summed E-state index contributed by atoms with van der Waals surface area (Å²) < 4.78 is 18.1. The lowest BCUT2D eigenvalue weighted by Gasteiger charge is -2.46. The molecule has 2 aliphatic rings. The van der Waals surface area contributed by atoms with Crippen LogP contribution in [0.1, 0.15) is 12.8 Å². The molecule has 0 aliphatic carbocycles. The second-order valence-corrected chi connectivity index (χ2v) is 5.69. The standard InChI is InChI=1S/C14H21FN4O/c1-20-10-11-2-3-13-9-19(5-4-18(13)8-11)14-16-6-12(15)7-17-14/h6-7,11,13H,2-5,8-10H2,1H3/t11-,13?/m1/s1. The Morgan fingerprint density at radius 2 is 2.05 bits per heavy atom. The Morgan fingerprint density at radius 3 is 2.80 bits per heavy atom. The first-order valence-corrected chi connectivity index (χ1v) is 7.21. The van der Waals surface area contributed by atoms with Gasteiger partial charge in [-0.2, -0.15) is 0 Å². The van der Waals surface area contributed by atoms with Crippen LogP contribution >= 0.6 is 0 Å². The molecule has 110 valence electrons. The Kier molecular flexibility index (Phi) is 4.12. The lowest BCUT2D eigenvalue weighted by molar-refractivity contribution is 0.0516. The summed E-state index contributed by atoms with van der Waals surface area (Å²) in [5.74, 6) is 0.919. The van der Waals surface area contributed by atoms with Gasteiger partial charge < -0.3 is 9.64 Å². The molecular weight excluding hydrogens is 259 g/mol. The molecule has 5 nitrogen and oxygen atoms in total. The first-order chi connectivity index (χ1) is 9.76. The maximum atomic E-state index is 12.9. The summed E-state index contributed by atoms with van der Waals surface area (Å²) in [7, 11) is 1.77. The number of nitrogens with zero attached hydrogens (tertiary/aromatic N) is 4. The van der Waals surface area contributed by atoms with Crippen molar-refractivity contribution in [2.75, 3.05) is 44.8 Å². The van der Waals surface area contributed by atoms with Gasteiger partial charge in [0.25, 0.3) is 0 Å². The molecule has 0 saturated carbocycles. The van der Waals surface area contributed by atoms with Crippen molar-refractivity contribution in [1.82, 2.24) is 14.9 Å². The van der Waals surface area contributed by atoms with Gasteiger partial charge in [0.2, 0.25) is 5.95 Å². The van der Waals surface area contributed by atoms with Crippen LogP contribution in [0.3, 0.4) is 0 Å². The molecule has 0 spiro atoms. The van der Waals surface area contributed by atoms with Crippen molar-refractivity contribution >= 4 is 5.95 Å². The molecule has 1 unspecified atom stereocenters. The third-order valence-electron chi connectivity index (χ3n) is 4.30. The molecule has 2 aliphatic heterocycles. The van der Waals surface area contributed by atoms with E-state index in [2.05, 4.69) is 19.8 Å². The Labute approximate surface area is 118 Å². The fourth-order valence-electron chi connectivity index (χ4n) is 3.28. The van der Waals surface area contributed by atoms with Gasteiger partial charge in [-0.1, -0.05) is 0 Å². The monoisotopic (exact) mass is 280 g/mol. The molecule has 2 fully saturated rings. The van der Waals surface area contributed by atoms with Gasteiger partial charge in [-0.25, -0.2) is 14.4 Å². The Hall–Kier alpha value is -1.27. The molecule has 1 aromatic rings. The van der Waals surface area contributed by atoms with E-state index in [1.54, 1.807) is 7.11 Å². The van der Waals surface area contributed by atoms with Crippen molar-refractivity contribution in [1.29, 1.82) is 0 Å². The maximum Gasteiger partial charge on any atom is 0.225 e. The molecule has 20 heavy (non-hydrogen) atoms. The molecule has 2 atom stereocenters. The minimum Gasteiger partial charge on any atom is -0.384 e. The lowest BCUT2D eigenvalue weighted by atomic mass is 9.91. The summed E-state index contributed by atoms with van der Waals surface area (Å²) >= 11 is 0. The first-order valence-electron chi connectivity index (χ1n) is 7.21. The van der Waals surface area contributed by atoms with Gasteiger partial charge in [0.15, 0.2) is 5.82 Å². The molecule has 2 saturated heterocycles. The van der Waals surface area contributed by atoms with Gasteiger partial charge in [-0.3, -0.25) is 4.90 Å². The minimum atomic E-state index is -0.382. The smallest absolute Gasteiger partial charge is 0.225 e. The minimum absolute atomic E-state index is 0.382. The summed E-state index contributed by atoms with van der Waals surface area (Å²) in [5.41, 5.74) is 0. The van der Waals surface area contributed by atoms with Gasteiger partial charge in [-0.15, -0.1) is 0 Å². The highest BCUT2D eigenvalue weighted by Crippen LogP contribution is 2.26. The van der Waals surface area contributed by atoms with Crippen molar-refractivity contribution < 1.29 is 9.13 Å². The molecule has 0 N–H and O–H groups in total. The van der Waals surface area contributed by atoms with Crippen LogP contribution in [0.5, 0.6) is 0 Å². The number of halogens is 1. The first kappa shape index (κ1) is 13.7. The molecule has 0 aromatic carbocycles. The second-order valence-electron chi connectivity index (χ2n) is 5.69. The third kappa shape index (κ3) is 2.91.